The summed E-state index contributed by atoms with van der Waals surface area (Å²) < 4.78 is 4.64. The minimum Gasteiger partial charge on any atom is -0.508 e. The van der Waals surface area contributed by atoms with Crippen molar-refractivity contribution in [3.05, 3.63) is 41.5 Å². The zero-order valence-electron chi connectivity index (χ0n) is 11.3. The molecule has 1 aliphatic carbocycles. The van der Waals surface area contributed by atoms with Gasteiger partial charge in [0.2, 0.25) is 0 Å². The van der Waals surface area contributed by atoms with Crippen LogP contribution < -0.4 is 0 Å². The molecule has 0 unspecified atom stereocenters. The summed E-state index contributed by atoms with van der Waals surface area (Å²) in [6.07, 6.45) is 6.70. The monoisotopic (exact) mass is 260 g/mol. The van der Waals surface area contributed by atoms with E-state index in [1.165, 1.54) is 18.2 Å². The molecule has 0 amide bonds. The average Bonchev–Trinajstić information content (AvgIpc) is 2.46. The second-order valence-corrected chi connectivity index (χ2v) is 5.01. The molecular weight excluding hydrogens is 240 g/mol. The maximum absolute atomic E-state index is 11.1. The van der Waals surface area contributed by atoms with E-state index in [0.29, 0.717) is 18.1 Å². The van der Waals surface area contributed by atoms with E-state index >= 15 is 0 Å². The Hall–Kier alpha value is -1.77. The Kier molecular flexibility index (Phi) is 4.61. The third kappa shape index (κ3) is 3.85. The van der Waals surface area contributed by atoms with Gasteiger partial charge in [-0.1, -0.05) is 23.8 Å². The molecule has 2 rings (SSSR count). The molecule has 1 aromatic rings. The molecule has 0 radical (unpaired) electrons. The number of rotatable bonds is 3. The molecule has 0 bridgehead atoms. The standard InChI is InChI=1S/C16H20O3/c1-19-16(18)11-4-12-2-5-13(6-3-12)14-7-9-15(17)10-8-14/h4,7-10,13,17H,2-3,5-6,11H2,1H3. The normalized spacial score (nSPS) is 19.0. The second kappa shape index (κ2) is 6.41. The fourth-order valence-corrected chi connectivity index (χ4v) is 2.58. The van der Waals surface area contributed by atoms with Crippen LogP contribution in [0.15, 0.2) is 35.9 Å². The van der Waals surface area contributed by atoms with Gasteiger partial charge < -0.3 is 9.84 Å². The predicted molar refractivity (Wildman–Crippen MR) is 74.0 cm³/mol. The van der Waals surface area contributed by atoms with E-state index in [-0.39, 0.29) is 5.97 Å². The summed E-state index contributed by atoms with van der Waals surface area (Å²) >= 11 is 0. The highest BCUT2D eigenvalue weighted by Gasteiger charge is 2.18. The first-order chi connectivity index (χ1) is 9.19. The first kappa shape index (κ1) is 13.7. The third-order valence-electron chi connectivity index (χ3n) is 3.78. The van der Waals surface area contributed by atoms with E-state index < -0.39 is 0 Å². The van der Waals surface area contributed by atoms with Crippen LogP contribution in [0, 0.1) is 0 Å². The van der Waals surface area contributed by atoms with Crippen molar-refractivity contribution in [2.75, 3.05) is 7.11 Å². The SMILES string of the molecule is COC(=O)CC=C1CCC(c2ccc(O)cc2)CC1. The lowest BCUT2D eigenvalue weighted by molar-refractivity contribution is -0.139. The predicted octanol–water partition coefficient (Wildman–Crippen LogP) is 3.54. The van der Waals surface area contributed by atoms with E-state index in [1.54, 1.807) is 12.1 Å². The highest BCUT2D eigenvalue weighted by atomic mass is 16.5. The van der Waals surface area contributed by atoms with Crippen molar-refractivity contribution >= 4 is 5.97 Å². The number of allylic oxidation sites excluding steroid dienone is 1. The molecule has 0 aliphatic heterocycles. The van der Waals surface area contributed by atoms with Gasteiger partial charge >= 0.3 is 5.97 Å². The molecule has 1 aliphatic rings. The first-order valence-electron chi connectivity index (χ1n) is 6.72. The second-order valence-electron chi connectivity index (χ2n) is 5.01. The van der Waals surface area contributed by atoms with Gasteiger partial charge in [0.25, 0.3) is 0 Å². The summed E-state index contributed by atoms with van der Waals surface area (Å²) in [6.45, 7) is 0. The number of phenolic OH excluding ortho intramolecular Hbond substituents is 1. The Morgan fingerprint density at radius 2 is 1.95 bits per heavy atom. The van der Waals surface area contributed by atoms with Crippen LogP contribution in [0.2, 0.25) is 0 Å². The molecule has 0 aromatic heterocycles. The van der Waals surface area contributed by atoms with Gasteiger partial charge in [-0.3, -0.25) is 4.79 Å². The Morgan fingerprint density at radius 1 is 1.32 bits per heavy atom. The Balaban J connectivity index is 1.88. The maximum atomic E-state index is 11.1. The zero-order valence-corrected chi connectivity index (χ0v) is 11.3. The van der Waals surface area contributed by atoms with Crippen LogP contribution in [-0.2, 0) is 9.53 Å². The number of hydrogen-bond donors (Lipinski definition) is 1. The number of hydrogen-bond acceptors (Lipinski definition) is 3. The number of carbonyl (C=O) groups excluding carboxylic acids is 1. The Morgan fingerprint density at radius 3 is 2.53 bits per heavy atom. The van der Waals surface area contributed by atoms with Crippen molar-refractivity contribution < 1.29 is 14.6 Å². The summed E-state index contributed by atoms with van der Waals surface area (Å²) in [4.78, 5) is 11.1. The van der Waals surface area contributed by atoms with Crippen LogP contribution in [0.1, 0.15) is 43.6 Å². The molecule has 102 valence electrons. The number of ether oxygens (including phenoxy) is 1. The van der Waals surface area contributed by atoms with Gasteiger partial charge in [-0.25, -0.2) is 0 Å². The van der Waals surface area contributed by atoms with Crippen molar-refractivity contribution in [3.8, 4) is 5.75 Å². The smallest absolute Gasteiger partial charge is 0.309 e. The van der Waals surface area contributed by atoms with E-state index in [2.05, 4.69) is 4.74 Å². The van der Waals surface area contributed by atoms with E-state index in [9.17, 15) is 9.90 Å². The number of benzene rings is 1. The molecule has 1 saturated carbocycles. The van der Waals surface area contributed by atoms with Gasteiger partial charge in [0.1, 0.15) is 5.75 Å². The largest absolute Gasteiger partial charge is 0.508 e. The lowest BCUT2D eigenvalue weighted by atomic mass is 9.81. The van der Waals surface area contributed by atoms with Gasteiger partial charge in [0.05, 0.1) is 13.5 Å². The number of phenols is 1. The van der Waals surface area contributed by atoms with Crippen LogP contribution in [0.4, 0.5) is 0 Å². The third-order valence-corrected chi connectivity index (χ3v) is 3.78. The van der Waals surface area contributed by atoms with Gasteiger partial charge in [0, 0.05) is 0 Å². The molecule has 3 heteroatoms. The first-order valence-corrected chi connectivity index (χ1v) is 6.72. The maximum Gasteiger partial charge on any atom is 0.309 e. The quantitative estimate of drug-likeness (QED) is 0.668. The summed E-state index contributed by atoms with van der Waals surface area (Å²) in [5.74, 6) is 0.710. The van der Waals surface area contributed by atoms with Crippen LogP contribution in [0.5, 0.6) is 5.75 Å². The minimum atomic E-state index is -0.173. The summed E-state index contributed by atoms with van der Waals surface area (Å²) in [5, 5.41) is 9.29. The molecule has 1 N–H and O–H groups in total. The molecule has 1 fully saturated rings. The molecular formula is C16H20O3. The molecule has 0 saturated heterocycles. The molecule has 1 aromatic carbocycles. The fourth-order valence-electron chi connectivity index (χ4n) is 2.58. The average molecular weight is 260 g/mol. The number of esters is 1. The summed E-state index contributed by atoms with van der Waals surface area (Å²) in [7, 11) is 1.42. The van der Waals surface area contributed by atoms with E-state index in [4.69, 9.17) is 0 Å². The molecule has 19 heavy (non-hydrogen) atoms. The Bertz CT molecular complexity index is 449. The van der Waals surface area contributed by atoms with Crippen molar-refractivity contribution in [2.24, 2.45) is 0 Å². The van der Waals surface area contributed by atoms with Crippen molar-refractivity contribution in [1.29, 1.82) is 0 Å². The van der Waals surface area contributed by atoms with Crippen molar-refractivity contribution in [1.82, 2.24) is 0 Å². The van der Waals surface area contributed by atoms with Crippen LogP contribution in [-0.4, -0.2) is 18.2 Å². The lowest BCUT2D eigenvalue weighted by Crippen LogP contribution is -2.07. The van der Waals surface area contributed by atoms with Crippen molar-refractivity contribution in [3.63, 3.8) is 0 Å². The van der Waals surface area contributed by atoms with Crippen molar-refractivity contribution in [2.45, 2.75) is 38.0 Å². The van der Waals surface area contributed by atoms with Gasteiger partial charge in [-0.05, 0) is 49.3 Å². The highest BCUT2D eigenvalue weighted by molar-refractivity contribution is 5.71. The minimum absolute atomic E-state index is 0.173. The molecule has 3 nitrogen and oxygen atoms in total. The molecule has 0 heterocycles. The fraction of sp³-hybridized carbons (Fsp3) is 0.438. The van der Waals surface area contributed by atoms with E-state index in [0.717, 1.165) is 25.7 Å². The van der Waals surface area contributed by atoms with Gasteiger partial charge in [-0.15, -0.1) is 0 Å². The summed E-state index contributed by atoms with van der Waals surface area (Å²) in [5.41, 5.74) is 2.66. The summed E-state index contributed by atoms with van der Waals surface area (Å²) in [6, 6.07) is 7.50. The van der Waals surface area contributed by atoms with Gasteiger partial charge in [0.15, 0.2) is 0 Å². The topological polar surface area (TPSA) is 46.5 Å². The van der Waals surface area contributed by atoms with Crippen LogP contribution in [0.3, 0.4) is 0 Å². The molecule has 0 atom stereocenters. The molecule has 0 spiro atoms. The zero-order chi connectivity index (χ0) is 13.7. The Labute approximate surface area is 113 Å². The number of methoxy groups -OCH3 is 1. The number of aromatic hydroxyl groups is 1. The van der Waals surface area contributed by atoms with Gasteiger partial charge in [-0.2, -0.15) is 0 Å². The number of carbonyl (C=O) groups is 1. The lowest BCUT2D eigenvalue weighted by Gasteiger charge is -2.24. The highest BCUT2D eigenvalue weighted by Crippen LogP contribution is 2.35. The van der Waals surface area contributed by atoms with E-state index in [1.807, 2.05) is 18.2 Å². The van der Waals surface area contributed by atoms with Crippen LogP contribution >= 0.6 is 0 Å². The van der Waals surface area contributed by atoms with Crippen LogP contribution in [0.25, 0.3) is 0 Å².